The van der Waals surface area contributed by atoms with Crippen molar-refractivity contribution in [3.63, 3.8) is 0 Å². The highest BCUT2D eigenvalue weighted by Crippen LogP contribution is 2.31. The molecule has 0 saturated carbocycles. The van der Waals surface area contributed by atoms with Gasteiger partial charge >= 0.3 is 5.97 Å². The minimum absolute atomic E-state index is 0.143. The molecule has 0 bridgehead atoms. The van der Waals surface area contributed by atoms with Crippen molar-refractivity contribution in [1.29, 1.82) is 0 Å². The number of carboxylic acid groups (broad SMARTS) is 1. The van der Waals surface area contributed by atoms with Crippen LogP contribution in [0.1, 0.15) is 50.1 Å². The zero-order valence-corrected chi connectivity index (χ0v) is 12.0. The van der Waals surface area contributed by atoms with Crippen LogP contribution in [0.4, 0.5) is 0 Å². The first-order valence-corrected chi connectivity index (χ1v) is 6.36. The van der Waals surface area contributed by atoms with Crippen LogP contribution in [0.3, 0.4) is 0 Å². The third-order valence-corrected chi connectivity index (χ3v) is 3.84. The van der Waals surface area contributed by atoms with Gasteiger partial charge in [0.25, 0.3) is 0 Å². The number of aliphatic hydroxyl groups is 1. The number of H-pyrrole nitrogens is 1. The van der Waals surface area contributed by atoms with Crippen LogP contribution in [-0.2, 0) is 0 Å². The molecule has 0 aliphatic carbocycles. The zero-order chi connectivity index (χ0) is 15.0. The molecule has 1 atom stereocenters. The molecule has 106 valence electrons. The summed E-state index contributed by atoms with van der Waals surface area (Å²) in [7, 11) is 0. The fourth-order valence-electron chi connectivity index (χ4n) is 2.48. The number of imidazole rings is 1. The molecule has 2 aromatic rings. The van der Waals surface area contributed by atoms with E-state index in [2.05, 4.69) is 16.0 Å². The van der Waals surface area contributed by atoms with Gasteiger partial charge in [-0.2, -0.15) is 0 Å². The van der Waals surface area contributed by atoms with E-state index in [0.29, 0.717) is 0 Å². The Morgan fingerprint density at radius 2 is 1.75 bits per heavy atom. The quantitative estimate of drug-likeness (QED) is 0.802. The highest BCUT2D eigenvalue weighted by atomic mass is 16.4. The first-order valence-electron chi connectivity index (χ1n) is 6.36. The van der Waals surface area contributed by atoms with Crippen LogP contribution in [0.2, 0.25) is 0 Å². The molecule has 1 aromatic carbocycles. The summed E-state index contributed by atoms with van der Waals surface area (Å²) in [6.07, 6.45) is 0.261. The van der Waals surface area contributed by atoms with E-state index in [9.17, 15) is 9.90 Å². The highest BCUT2D eigenvalue weighted by molar-refractivity contribution is 5.87. The fourth-order valence-corrected chi connectivity index (χ4v) is 2.48. The van der Waals surface area contributed by atoms with Crippen LogP contribution in [-0.4, -0.2) is 26.2 Å². The number of carboxylic acids is 1. The highest BCUT2D eigenvalue weighted by Gasteiger charge is 2.25. The van der Waals surface area contributed by atoms with Crippen molar-refractivity contribution in [3.8, 4) is 0 Å². The third kappa shape index (κ3) is 2.20. The summed E-state index contributed by atoms with van der Waals surface area (Å²) in [6.45, 7) is 7.81. The van der Waals surface area contributed by atoms with Gasteiger partial charge in [0.2, 0.25) is 0 Å². The molecule has 1 heterocycles. The smallest absolute Gasteiger partial charge is 0.356 e. The molecule has 5 heteroatoms. The van der Waals surface area contributed by atoms with E-state index >= 15 is 0 Å². The van der Waals surface area contributed by atoms with Crippen LogP contribution in [0.15, 0.2) is 12.4 Å². The molecule has 0 fully saturated rings. The molecular formula is C15H18N2O3. The first kappa shape index (κ1) is 14.3. The van der Waals surface area contributed by atoms with Gasteiger partial charge in [-0.15, -0.1) is 0 Å². The number of nitrogens with one attached hydrogen (secondary N) is 1. The lowest BCUT2D eigenvalue weighted by molar-refractivity contribution is 0.0685. The van der Waals surface area contributed by atoms with Crippen molar-refractivity contribution < 1.29 is 15.0 Å². The zero-order valence-electron chi connectivity index (χ0n) is 12.0. The largest absolute Gasteiger partial charge is 0.476 e. The summed E-state index contributed by atoms with van der Waals surface area (Å²) in [5.74, 6) is -1.15. The van der Waals surface area contributed by atoms with Crippen LogP contribution in [0.25, 0.3) is 0 Å². The van der Waals surface area contributed by atoms with Gasteiger partial charge in [-0.3, -0.25) is 0 Å². The van der Waals surface area contributed by atoms with Gasteiger partial charge in [0.15, 0.2) is 5.69 Å². The minimum atomic E-state index is -1.15. The number of aliphatic hydroxyl groups excluding tert-OH is 1. The minimum Gasteiger partial charge on any atom is -0.476 e. The summed E-state index contributed by atoms with van der Waals surface area (Å²) in [6, 6.07) is 2.06. The number of hydrogen-bond donors (Lipinski definition) is 3. The average molecular weight is 274 g/mol. The summed E-state index contributed by atoms with van der Waals surface area (Å²) in [4.78, 5) is 17.6. The number of hydrogen-bond acceptors (Lipinski definition) is 3. The lowest BCUT2D eigenvalue weighted by Crippen LogP contribution is -2.12. The second-order valence-electron chi connectivity index (χ2n) is 5.05. The number of aromatic carboxylic acids is 1. The van der Waals surface area contributed by atoms with Gasteiger partial charge in [-0.25, -0.2) is 9.78 Å². The van der Waals surface area contributed by atoms with E-state index < -0.39 is 12.1 Å². The number of nitrogens with zero attached hydrogens (tertiary/aromatic N) is 1. The Bertz CT molecular complexity index is 648. The monoisotopic (exact) mass is 274 g/mol. The van der Waals surface area contributed by atoms with Crippen molar-refractivity contribution in [2.45, 2.75) is 33.8 Å². The van der Waals surface area contributed by atoms with Crippen molar-refractivity contribution in [1.82, 2.24) is 9.97 Å². The standard InChI is InChI=1S/C15H18N2O3/c1-7-5-8(2)10(4)11(9(7)3)14(18)12-13(15(19)20)17-6-16-12/h5-6,14,18H,1-4H3,(H,16,17)(H,19,20). The molecule has 0 aliphatic rings. The number of rotatable bonds is 3. The molecule has 0 radical (unpaired) electrons. The predicted octanol–water partition coefficient (Wildman–Crippen LogP) is 2.42. The number of benzene rings is 1. The van der Waals surface area contributed by atoms with Gasteiger partial charge in [-0.1, -0.05) is 6.07 Å². The SMILES string of the molecule is Cc1cc(C)c(C)c(C(O)c2[nH]cnc2C(=O)O)c1C. The molecular weight excluding hydrogens is 256 g/mol. The van der Waals surface area contributed by atoms with E-state index in [4.69, 9.17) is 5.11 Å². The third-order valence-electron chi connectivity index (χ3n) is 3.84. The average Bonchev–Trinajstić information content (AvgIpc) is 2.86. The maximum atomic E-state index is 11.1. The Hall–Kier alpha value is -2.14. The summed E-state index contributed by atoms with van der Waals surface area (Å²) >= 11 is 0. The molecule has 2 rings (SSSR count). The molecule has 0 spiro atoms. The van der Waals surface area contributed by atoms with E-state index in [1.165, 1.54) is 6.33 Å². The normalized spacial score (nSPS) is 12.4. The second-order valence-corrected chi connectivity index (χ2v) is 5.05. The van der Waals surface area contributed by atoms with Gasteiger partial charge in [0, 0.05) is 0 Å². The Morgan fingerprint density at radius 3 is 2.25 bits per heavy atom. The predicted molar refractivity (Wildman–Crippen MR) is 75.0 cm³/mol. The van der Waals surface area contributed by atoms with Crippen LogP contribution < -0.4 is 0 Å². The van der Waals surface area contributed by atoms with E-state index in [-0.39, 0.29) is 11.4 Å². The van der Waals surface area contributed by atoms with E-state index in [0.717, 1.165) is 27.8 Å². The van der Waals surface area contributed by atoms with Crippen LogP contribution >= 0.6 is 0 Å². The first-order chi connectivity index (χ1) is 9.34. The van der Waals surface area contributed by atoms with Gasteiger partial charge in [0.05, 0.1) is 12.0 Å². The van der Waals surface area contributed by atoms with Crippen LogP contribution in [0.5, 0.6) is 0 Å². The van der Waals surface area contributed by atoms with Crippen molar-refractivity contribution >= 4 is 5.97 Å². The molecule has 0 aliphatic heterocycles. The summed E-state index contributed by atoms with van der Waals surface area (Å²) < 4.78 is 0. The molecule has 1 unspecified atom stereocenters. The fraction of sp³-hybridized carbons (Fsp3) is 0.333. The molecule has 1 aromatic heterocycles. The molecule has 0 amide bonds. The van der Waals surface area contributed by atoms with Gasteiger partial charge < -0.3 is 15.2 Å². The topological polar surface area (TPSA) is 86.2 Å². The van der Waals surface area contributed by atoms with Gasteiger partial charge in [-0.05, 0) is 55.5 Å². The number of carbonyl (C=O) groups is 1. The Labute approximate surface area is 117 Å². The molecule has 20 heavy (non-hydrogen) atoms. The number of aromatic amines is 1. The Kier molecular flexibility index (Phi) is 3.63. The molecule has 5 nitrogen and oxygen atoms in total. The summed E-state index contributed by atoms with van der Waals surface area (Å²) in [5, 5.41) is 19.7. The molecule has 3 N–H and O–H groups in total. The Balaban J connectivity index is 2.62. The Morgan fingerprint density at radius 1 is 1.20 bits per heavy atom. The summed E-state index contributed by atoms with van der Waals surface area (Å²) in [5.41, 5.74) is 4.88. The van der Waals surface area contributed by atoms with Crippen molar-refractivity contribution in [2.75, 3.05) is 0 Å². The van der Waals surface area contributed by atoms with Crippen molar-refractivity contribution in [3.05, 3.63) is 51.6 Å². The van der Waals surface area contributed by atoms with E-state index in [1.54, 1.807) is 0 Å². The van der Waals surface area contributed by atoms with Crippen molar-refractivity contribution in [2.24, 2.45) is 0 Å². The lowest BCUT2D eigenvalue weighted by Gasteiger charge is -2.19. The molecule has 0 saturated heterocycles. The maximum absolute atomic E-state index is 11.1. The van der Waals surface area contributed by atoms with E-state index in [1.807, 2.05) is 27.7 Å². The lowest BCUT2D eigenvalue weighted by atomic mass is 9.89. The second kappa shape index (κ2) is 5.09. The number of aromatic nitrogens is 2. The van der Waals surface area contributed by atoms with Crippen LogP contribution in [0, 0.1) is 27.7 Å². The number of aryl methyl sites for hydroxylation is 2. The van der Waals surface area contributed by atoms with Gasteiger partial charge in [0.1, 0.15) is 6.10 Å². The maximum Gasteiger partial charge on any atom is 0.356 e.